The number of rotatable bonds is 6. The summed E-state index contributed by atoms with van der Waals surface area (Å²) in [6.45, 7) is 4.70. The third-order valence-electron chi connectivity index (χ3n) is 3.00. The van der Waals surface area contributed by atoms with Crippen LogP contribution in [0.15, 0.2) is 22.7 Å². The van der Waals surface area contributed by atoms with E-state index in [1.165, 1.54) is 12.1 Å². The van der Waals surface area contributed by atoms with Crippen LogP contribution in [-0.2, 0) is 11.3 Å². The van der Waals surface area contributed by atoms with Crippen molar-refractivity contribution in [2.24, 2.45) is 5.92 Å². The molecule has 0 heterocycles. The molecule has 0 spiro atoms. The second kappa shape index (κ2) is 7.74. The van der Waals surface area contributed by atoms with Crippen LogP contribution >= 0.6 is 15.9 Å². The number of nitrogens with zero attached hydrogens (tertiary/aromatic N) is 1. The van der Waals surface area contributed by atoms with Crippen LogP contribution in [0.2, 0.25) is 0 Å². The number of hydrogen-bond acceptors (Lipinski definition) is 2. The van der Waals surface area contributed by atoms with Gasteiger partial charge >= 0.3 is 0 Å². The molecule has 0 bridgehead atoms. The summed E-state index contributed by atoms with van der Waals surface area (Å²) in [4.78, 5) is 13.7. The lowest BCUT2D eigenvalue weighted by atomic mass is 10.0. The van der Waals surface area contributed by atoms with E-state index >= 15 is 0 Å². The van der Waals surface area contributed by atoms with Gasteiger partial charge in [-0.25, -0.2) is 4.39 Å². The third-order valence-corrected chi connectivity index (χ3v) is 3.74. The minimum Gasteiger partial charge on any atom is -0.347 e. The van der Waals surface area contributed by atoms with Gasteiger partial charge < -0.3 is 10.2 Å². The van der Waals surface area contributed by atoms with Crippen LogP contribution in [0, 0.1) is 11.7 Å². The van der Waals surface area contributed by atoms with Gasteiger partial charge in [-0.05, 0) is 30.0 Å². The molecule has 1 aromatic carbocycles. The average Bonchev–Trinajstić information content (AvgIpc) is 2.34. The predicted octanol–water partition coefficient (Wildman–Crippen LogP) is 3.18. The molecule has 3 nitrogen and oxygen atoms in total. The summed E-state index contributed by atoms with van der Waals surface area (Å²) >= 11 is 3.34. The first kappa shape index (κ1) is 17.1. The number of likely N-dealkylation sites (N-methyl/N-ethyl adjacent to an activating group) is 1. The molecule has 0 saturated heterocycles. The molecule has 0 aliphatic heterocycles. The van der Waals surface area contributed by atoms with Gasteiger partial charge in [0.1, 0.15) is 5.82 Å². The summed E-state index contributed by atoms with van der Waals surface area (Å²) in [5.41, 5.74) is 0.937. The van der Waals surface area contributed by atoms with Crippen LogP contribution < -0.4 is 5.32 Å². The van der Waals surface area contributed by atoms with E-state index in [1.54, 1.807) is 25.1 Å². The molecule has 1 atom stereocenters. The van der Waals surface area contributed by atoms with Crippen LogP contribution in [0.4, 0.5) is 4.39 Å². The smallest absolute Gasteiger partial charge is 0.239 e. The first-order valence-corrected chi connectivity index (χ1v) is 7.49. The number of carbonyl (C=O) groups excluding carboxylic acids is 1. The Morgan fingerprint density at radius 2 is 2.05 bits per heavy atom. The first-order valence-electron chi connectivity index (χ1n) is 6.69. The molecular weight excluding hydrogens is 323 g/mol. The highest BCUT2D eigenvalue weighted by Crippen LogP contribution is 2.18. The topological polar surface area (TPSA) is 32.3 Å². The number of amides is 1. The molecule has 0 saturated carbocycles. The Bertz CT molecular complexity index is 463. The van der Waals surface area contributed by atoms with E-state index in [4.69, 9.17) is 0 Å². The molecule has 0 radical (unpaired) electrons. The Labute approximate surface area is 128 Å². The summed E-state index contributed by atoms with van der Waals surface area (Å²) in [6, 6.07) is 4.36. The van der Waals surface area contributed by atoms with Crippen molar-refractivity contribution in [3.05, 3.63) is 34.1 Å². The van der Waals surface area contributed by atoms with Crippen LogP contribution in [0.5, 0.6) is 0 Å². The van der Waals surface area contributed by atoms with E-state index in [2.05, 4.69) is 35.1 Å². The molecule has 1 rings (SSSR count). The van der Waals surface area contributed by atoms with Gasteiger partial charge in [-0.3, -0.25) is 4.79 Å². The maximum Gasteiger partial charge on any atom is 0.239 e. The fourth-order valence-corrected chi connectivity index (χ4v) is 2.44. The number of hydrogen-bond donors (Lipinski definition) is 1. The highest BCUT2D eigenvalue weighted by atomic mass is 79.9. The van der Waals surface area contributed by atoms with E-state index in [9.17, 15) is 9.18 Å². The molecule has 0 aliphatic rings. The largest absolute Gasteiger partial charge is 0.347 e. The van der Waals surface area contributed by atoms with Gasteiger partial charge in [0, 0.05) is 25.1 Å². The van der Waals surface area contributed by atoms with E-state index < -0.39 is 0 Å². The zero-order chi connectivity index (χ0) is 15.3. The monoisotopic (exact) mass is 344 g/mol. The molecule has 112 valence electrons. The summed E-state index contributed by atoms with van der Waals surface area (Å²) < 4.78 is 13.8. The van der Waals surface area contributed by atoms with Gasteiger partial charge in [0.2, 0.25) is 5.91 Å². The van der Waals surface area contributed by atoms with Gasteiger partial charge in [0.05, 0.1) is 6.04 Å². The lowest BCUT2D eigenvalue weighted by Gasteiger charge is -2.23. The van der Waals surface area contributed by atoms with E-state index in [0.29, 0.717) is 16.9 Å². The zero-order valence-corrected chi connectivity index (χ0v) is 14.0. The van der Waals surface area contributed by atoms with Gasteiger partial charge in [0.25, 0.3) is 0 Å². The summed E-state index contributed by atoms with van der Waals surface area (Å²) in [6.07, 6.45) is 0.774. The lowest BCUT2D eigenvalue weighted by Crippen LogP contribution is -2.44. The third kappa shape index (κ3) is 5.21. The molecule has 5 heteroatoms. The molecule has 1 amide bonds. The number of nitrogens with one attached hydrogen (secondary N) is 1. The van der Waals surface area contributed by atoms with Crippen molar-refractivity contribution in [1.29, 1.82) is 0 Å². The Balaban J connectivity index is 2.72. The number of halogens is 2. The zero-order valence-electron chi connectivity index (χ0n) is 12.4. The minimum atomic E-state index is -0.274. The quantitative estimate of drug-likeness (QED) is 0.859. The van der Waals surface area contributed by atoms with Crippen molar-refractivity contribution in [3.8, 4) is 0 Å². The second-order valence-electron chi connectivity index (χ2n) is 5.53. The predicted molar refractivity (Wildman–Crippen MR) is 82.9 cm³/mol. The SMILES string of the molecule is CC(C)CC(NCc1ccc(F)cc1Br)C(=O)N(C)C. The maximum absolute atomic E-state index is 13.0. The molecule has 1 N–H and O–H groups in total. The molecule has 0 fully saturated rings. The maximum atomic E-state index is 13.0. The fraction of sp³-hybridized carbons (Fsp3) is 0.533. The Morgan fingerprint density at radius 1 is 1.40 bits per heavy atom. The van der Waals surface area contributed by atoms with Gasteiger partial charge in [-0.15, -0.1) is 0 Å². The van der Waals surface area contributed by atoms with E-state index in [0.717, 1.165) is 12.0 Å². The molecular formula is C15H22BrFN2O. The summed E-state index contributed by atoms with van der Waals surface area (Å²) in [5.74, 6) is 0.216. The Morgan fingerprint density at radius 3 is 2.55 bits per heavy atom. The van der Waals surface area contributed by atoms with Crippen molar-refractivity contribution >= 4 is 21.8 Å². The van der Waals surface area contributed by atoms with Crippen molar-refractivity contribution in [1.82, 2.24) is 10.2 Å². The minimum absolute atomic E-state index is 0.0666. The average molecular weight is 345 g/mol. The molecule has 1 unspecified atom stereocenters. The second-order valence-corrected chi connectivity index (χ2v) is 6.39. The van der Waals surface area contributed by atoms with Gasteiger partial charge in [0.15, 0.2) is 0 Å². The van der Waals surface area contributed by atoms with Crippen molar-refractivity contribution < 1.29 is 9.18 Å². The lowest BCUT2D eigenvalue weighted by molar-refractivity contribution is -0.131. The molecule has 0 aliphatic carbocycles. The van der Waals surface area contributed by atoms with Gasteiger partial charge in [-0.2, -0.15) is 0 Å². The molecule has 0 aromatic heterocycles. The highest BCUT2D eigenvalue weighted by molar-refractivity contribution is 9.10. The van der Waals surface area contributed by atoms with Crippen molar-refractivity contribution in [2.75, 3.05) is 14.1 Å². The number of carbonyl (C=O) groups is 1. The van der Waals surface area contributed by atoms with Crippen LogP contribution in [0.25, 0.3) is 0 Å². The fourth-order valence-electron chi connectivity index (χ4n) is 1.95. The van der Waals surface area contributed by atoms with Crippen LogP contribution in [0.3, 0.4) is 0 Å². The van der Waals surface area contributed by atoms with E-state index in [1.807, 2.05) is 0 Å². The summed E-state index contributed by atoms with van der Waals surface area (Å²) in [7, 11) is 3.51. The Hall–Kier alpha value is -0.940. The highest BCUT2D eigenvalue weighted by Gasteiger charge is 2.21. The van der Waals surface area contributed by atoms with Crippen molar-refractivity contribution in [3.63, 3.8) is 0 Å². The normalized spacial score (nSPS) is 12.6. The van der Waals surface area contributed by atoms with Crippen molar-refractivity contribution in [2.45, 2.75) is 32.9 Å². The molecule has 20 heavy (non-hydrogen) atoms. The standard InChI is InChI=1S/C15H22BrFN2O/c1-10(2)7-14(15(20)19(3)4)18-9-11-5-6-12(17)8-13(11)16/h5-6,8,10,14,18H,7,9H2,1-4H3. The van der Waals surface area contributed by atoms with Crippen LogP contribution in [0.1, 0.15) is 25.8 Å². The Kier molecular flexibility index (Phi) is 6.62. The van der Waals surface area contributed by atoms with Crippen LogP contribution in [-0.4, -0.2) is 30.9 Å². The molecule has 1 aromatic rings. The van der Waals surface area contributed by atoms with Gasteiger partial charge in [-0.1, -0.05) is 35.8 Å². The summed E-state index contributed by atoms with van der Waals surface area (Å²) in [5, 5.41) is 3.27. The first-order chi connectivity index (χ1) is 9.31. The number of benzene rings is 1. The van der Waals surface area contributed by atoms with E-state index in [-0.39, 0.29) is 17.8 Å².